The molecule has 0 aromatic rings. The molecule has 6 nitrogen and oxygen atoms in total. The molecule has 1 fully saturated rings. The average Bonchev–Trinajstić information content (AvgIpc) is 2.85. The smallest absolute Gasteiger partial charge is 0.266 e. The lowest BCUT2D eigenvalue weighted by Crippen LogP contribution is -2.27. The van der Waals surface area contributed by atoms with E-state index >= 15 is 0 Å². The first-order valence-corrected chi connectivity index (χ1v) is 9.30. The summed E-state index contributed by atoms with van der Waals surface area (Å²) in [7, 11) is 0. The van der Waals surface area contributed by atoms with Gasteiger partial charge in [0.25, 0.3) is 5.91 Å². The number of carbonyl (C=O) groups is 1. The fourth-order valence-corrected chi connectivity index (χ4v) is 3.96. The molecule has 0 spiro atoms. The van der Waals surface area contributed by atoms with Crippen LogP contribution in [0.5, 0.6) is 0 Å². The molecule has 0 unspecified atom stereocenters. The number of thiocarbonyl (C=S) groups is 1. The maximum Gasteiger partial charge on any atom is 0.266 e. The van der Waals surface area contributed by atoms with Gasteiger partial charge in [0, 0.05) is 43.3 Å². The molecular formula is C14H18N2O4S3. The Kier molecular flexibility index (Phi) is 7.60. The van der Waals surface area contributed by atoms with Crippen molar-refractivity contribution in [2.24, 2.45) is 0 Å². The van der Waals surface area contributed by atoms with Gasteiger partial charge in [0.05, 0.1) is 4.91 Å². The van der Waals surface area contributed by atoms with Crippen molar-refractivity contribution in [2.45, 2.75) is 19.8 Å². The number of likely N-dealkylation sites (N-methyl/N-ethyl adjacent to an activating group) is 1. The van der Waals surface area contributed by atoms with Gasteiger partial charge in [-0.1, -0.05) is 29.0 Å². The summed E-state index contributed by atoms with van der Waals surface area (Å²) in [5.74, 6) is 0.732. The van der Waals surface area contributed by atoms with Gasteiger partial charge >= 0.3 is 0 Å². The van der Waals surface area contributed by atoms with E-state index in [9.17, 15) is 4.79 Å². The summed E-state index contributed by atoms with van der Waals surface area (Å²) in [6.45, 7) is 3.39. The molecule has 2 heterocycles. The first-order valence-electron chi connectivity index (χ1n) is 7.17. The highest BCUT2D eigenvalue weighted by Gasteiger charge is 2.32. The van der Waals surface area contributed by atoms with E-state index < -0.39 is 0 Å². The van der Waals surface area contributed by atoms with E-state index in [2.05, 4.69) is 14.3 Å². The lowest BCUT2D eigenvalue weighted by molar-refractivity contribution is -0.432. The molecule has 0 radical (unpaired) electrons. The number of nitrogens with zero attached hydrogens (tertiary/aromatic N) is 2. The largest absolute Gasteiger partial charge is 0.354 e. The second-order valence-electron chi connectivity index (χ2n) is 4.74. The topological polar surface area (TPSA) is 62.2 Å². The highest BCUT2D eigenvalue weighted by Crippen LogP contribution is 2.34. The second-order valence-corrected chi connectivity index (χ2v) is 7.17. The summed E-state index contributed by atoms with van der Waals surface area (Å²) in [5.41, 5.74) is 0.901. The van der Waals surface area contributed by atoms with Crippen LogP contribution < -0.4 is 0 Å². The summed E-state index contributed by atoms with van der Waals surface area (Å²) in [6, 6.07) is 0. The van der Waals surface area contributed by atoms with Crippen LogP contribution in [0.25, 0.3) is 0 Å². The first kappa shape index (κ1) is 18.5. The van der Waals surface area contributed by atoms with Crippen LogP contribution in [0.2, 0.25) is 0 Å². The molecular weight excluding hydrogens is 356 g/mol. The van der Waals surface area contributed by atoms with Crippen molar-refractivity contribution >= 4 is 46.3 Å². The maximum atomic E-state index is 12.3. The van der Waals surface area contributed by atoms with Gasteiger partial charge in [0.15, 0.2) is 0 Å². The zero-order valence-corrected chi connectivity index (χ0v) is 15.1. The van der Waals surface area contributed by atoms with Crippen molar-refractivity contribution < 1.29 is 19.4 Å². The van der Waals surface area contributed by atoms with Crippen LogP contribution in [0, 0.1) is 0 Å². The molecule has 2 rings (SSSR count). The van der Waals surface area contributed by atoms with Crippen molar-refractivity contribution in [1.82, 2.24) is 9.80 Å². The van der Waals surface area contributed by atoms with Gasteiger partial charge in [-0.2, -0.15) is 0 Å². The molecule has 23 heavy (non-hydrogen) atoms. The molecule has 0 atom stereocenters. The van der Waals surface area contributed by atoms with E-state index in [0.29, 0.717) is 15.8 Å². The third-order valence-electron chi connectivity index (χ3n) is 3.29. The van der Waals surface area contributed by atoms with Crippen molar-refractivity contribution in [3.63, 3.8) is 0 Å². The van der Waals surface area contributed by atoms with Crippen LogP contribution in [-0.4, -0.2) is 44.1 Å². The Labute approximate surface area is 149 Å². The zero-order chi connectivity index (χ0) is 16.7. The normalized spacial score (nSPS) is 17.8. The fourth-order valence-electron chi connectivity index (χ4n) is 2.12. The lowest BCUT2D eigenvalue weighted by Gasteiger charge is -2.19. The van der Waals surface area contributed by atoms with Crippen LogP contribution in [0.1, 0.15) is 19.8 Å². The minimum absolute atomic E-state index is 0.0108. The van der Waals surface area contributed by atoms with Gasteiger partial charge in [0.2, 0.25) is 0 Å². The third-order valence-corrected chi connectivity index (χ3v) is 5.38. The molecule has 0 saturated carbocycles. The summed E-state index contributed by atoms with van der Waals surface area (Å²) >= 11 is 7.65. The number of hydrogen-bond donors (Lipinski definition) is 1. The standard InChI is InChI=1S/C14H18N2O4S3/c1-2-16-13(17)12(23-14(16)21)11-5-8-15(9-6-11)7-3-4-10-22-20-19-18/h5-6,8-9,18H,2-4,7,10H2,1H3. The Bertz CT molecular complexity index is 532. The second kappa shape index (κ2) is 9.45. The minimum Gasteiger partial charge on any atom is -0.354 e. The van der Waals surface area contributed by atoms with E-state index in [4.69, 9.17) is 17.5 Å². The molecule has 0 aromatic heterocycles. The molecule has 1 N–H and O–H groups in total. The van der Waals surface area contributed by atoms with Crippen LogP contribution in [0.3, 0.4) is 0 Å². The van der Waals surface area contributed by atoms with Crippen LogP contribution in [-0.2, 0) is 14.2 Å². The Hall–Kier alpha value is -0.840. The molecule has 0 aliphatic carbocycles. The van der Waals surface area contributed by atoms with Gasteiger partial charge in [-0.25, -0.2) is 5.26 Å². The summed E-state index contributed by atoms with van der Waals surface area (Å²) in [6.07, 6.45) is 9.74. The van der Waals surface area contributed by atoms with E-state index in [0.717, 1.165) is 42.8 Å². The van der Waals surface area contributed by atoms with Gasteiger partial charge < -0.3 is 4.90 Å². The number of hydrogen-bond acceptors (Lipinski definition) is 8. The number of carbonyl (C=O) groups excluding carboxylic acids is 1. The van der Waals surface area contributed by atoms with Crippen LogP contribution >= 0.6 is 36.0 Å². The van der Waals surface area contributed by atoms with Gasteiger partial charge in [-0.3, -0.25) is 9.69 Å². The molecule has 126 valence electrons. The van der Waals surface area contributed by atoms with Crippen molar-refractivity contribution in [2.75, 3.05) is 18.8 Å². The molecule has 2 aliphatic heterocycles. The SMILES string of the molecule is CCN1C(=O)C(=C2C=CN(CCCCSOOO)C=C2)SC1=S. The highest BCUT2D eigenvalue weighted by molar-refractivity contribution is 8.26. The number of rotatable bonds is 8. The van der Waals surface area contributed by atoms with Crippen LogP contribution in [0.15, 0.2) is 35.0 Å². The molecule has 1 saturated heterocycles. The maximum absolute atomic E-state index is 12.3. The Morgan fingerprint density at radius 1 is 1.35 bits per heavy atom. The Morgan fingerprint density at radius 3 is 2.70 bits per heavy atom. The lowest BCUT2D eigenvalue weighted by atomic mass is 10.2. The number of amides is 1. The van der Waals surface area contributed by atoms with E-state index in [1.165, 1.54) is 11.8 Å². The average molecular weight is 375 g/mol. The Balaban J connectivity index is 1.82. The van der Waals surface area contributed by atoms with Crippen molar-refractivity contribution in [3.05, 3.63) is 35.0 Å². The molecule has 1 amide bonds. The predicted octanol–water partition coefficient (Wildman–Crippen LogP) is 3.31. The third kappa shape index (κ3) is 5.07. The fraction of sp³-hybridized carbons (Fsp3) is 0.429. The summed E-state index contributed by atoms with van der Waals surface area (Å²) in [5, 5.41) is 11.5. The van der Waals surface area contributed by atoms with Crippen molar-refractivity contribution in [3.8, 4) is 0 Å². The quantitative estimate of drug-likeness (QED) is 0.173. The molecule has 0 aromatic carbocycles. The molecule has 2 aliphatic rings. The molecule has 9 heteroatoms. The predicted molar refractivity (Wildman–Crippen MR) is 96.1 cm³/mol. The monoisotopic (exact) mass is 374 g/mol. The van der Waals surface area contributed by atoms with Crippen LogP contribution in [0.4, 0.5) is 0 Å². The number of thioether (sulfide) groups is 1. The Morgan fingerprint density at radius 2 is 2.09 bits per heavy atom. The summed E-state index contributed by atoms with van der Waals surface area (Å²) < 4.78 is 4.93. The van der Waals surface area contributed by atoms with Gasteiger partial charge in [0.1, 0.15) is 4.32 Å². The number of allylic oxidation sites excluding steroid dienone is 3. The molecule has 0 bridgehead atoms. The minimum atomic E-state index is -0.0108. The van der Waals surface area contributed by atoms with E-state index in [-0.39, 0.29) is 5.91 Å². The van der Waals surface area contributed by atoms with Crippen molar-refractivity contribution in [1.29, 1.82) is 0 Å². The summed E-state index contributed by atoms with van der Waals surface area (Å²) in [4.78, 5) is 16.6. The van der Waals surface area contributed by atoms with Gasteiger partial charge in [-0.05, 0) is 37.5 Å². The number of unbranched alkanes of at least 4 members (excludes halogenated alkanes) is 1. The zero-order valence-electron chi connectivity index (χ0n) is 12.6. The van der Waals surface area contributed by atoms with E-state index in [1.54, 1.807) is 4.90 Å². The first-order chi connectivity index (χ1) is 11.2. The van der Waals surface area contributed by atoms with E-state index in [1.807, 2.05) is 31.5 Å². The highest BCUT2D eigenvalue weighted by atomic mass is 32.2. The van der Waals surface area contributed by atoms with Gasteiger partial charge in [-0.15, -0.1) is 4.33 Å².